The molecular weight excluding hydrogens is 242 g/mol. The lowest BCUT2D eigenvalue weighted by Crippen LogP contribution is -2.09. The highest BCUT2D eigenvalue weighted by Crippen LogP contribution is 2.29. The largest absolute Gasteiger partial charge is 0.389 e. The fourth-order valence-electron chi connectivity index (χ4n) is 1.44. The van der Waals surface area contributed by atoms with E-state index in [2.05, 4.69) is 0 Å². The number of halogens is 1. The van der Waals surface area contributed by atoms with Gasteiger partial charge < -0.3 is 10.5 Å². The van der Waals surface area contributed by atoms with E-state index >= 15 is 0 Å². The maximum Gasteiger partial charge on any atom is 0.104 e. The molecule has 1 aromatic carbocycles. The van der Waals surface area contributed by atoms with Crippen LogP contribution >= 0.6 is 23.8 Å². The van der Waals surface area contributed by atoms with Gasteiger partial charge in [-0.15, -0.1) is 0 Å². The Kier molecular flexibility index (Phi) is 3.79. The predicted molar refractivity (Wildman–Crippen MR) is 69.7 cm³/mol. The first-order valence-electron chi connectivity index (χ1n) is 5.33. The first-order valence-corrected chi connectivity index (χ1v) is 6.11. The Hall–Kier alpha value is -0.640. The molecule has 0 unspecified atom stereocenters. The van der Waals surface area contributed by atoms with Crippen molar-refractivity contribution in [2.24, 2.45) is 11.7 Å². The Morgan fingerprint density at radius 3 is 2.81 bits per heavy atom. The third-order valence-corrected chi connectivity index (χ3v) is 3.23. The number of hydrogen-bond acceptors (Lipinski definition) is 2. The van der Waals surface area contributed by atoms with Crippen LogP contribution in [0.3, 0.4) is 0 Å². The molecule has 1 fully saturated rings. The second-order valence-corrected chi connectivity index (χ2v) is 4.98. The quantitative estimate of drug-likeness (QED) is 0.822. The summed E-state index contributed by atoms with van der Waals surface area (Å²) >= 11 is 11.0. The lowest BCUT2D eigenvalue weighted by molar-refractivity contribution is 0.111. The number of ether oxygens (including phenoxy) is 1. The highest BCUT2D eigenvalue weighted by molar-refractivity contribution is 7.80. The summed E-state index contributed by atoms with van der Waals surface area (Å²) in [7, 11) is 0. The molecule has 86 valence electrons. The molecule has 1 aliphatic rings. The van der Waals surface area contributed by atoms with E-state index < -0.39 is 0 Å². The van der Waals surface area contributed by atoms with Gasteiger partial charge in [0.2, 0.25) is 0 Å². The van der Waals surface area contributed by atoms with Crippen molar-refractivity contribution in [1.82, 2.24) is 0 Å². The van der Waals surface area contributed by atoms with E-state index in [1.165, 1.54) is 12.8 Å². The fraction of sp³-hybridized carbons (Fsp3) is 0.417. The number of hydrogen-bond donors (Lipinski definition) is 1. The molecule has 0 heterocycles. The van der Waals surface area contributed by atoms with Crippen LogP contribution in [0.5, 0.6) is 0 Å². The van der Waals surface area contributed by atoms with Crippen LogP contribution in [-0.2, 0) is 11.3 Å². The van der Waals surface area contributed by atoms with Gasteiger partial charge >= 0.3 is 0 Å². The summed E-state index contributed by atoms with van der Waals surface area (Å²) in [6.07, 6.45) is 2.60. The van der Waals surface area contributed by atoms with Crippen molar-refractivity contribution in [2.75, 3.05) is 6.61 Å². The van der Waals surface area contributed by atoms with Crippen LogP contribution < -0.4 is 5.73 Å². The van der Waals surface area contributed by atoms with Gasteiger partial charge in [-0.25, -0.2) is 0 Å². The van der Waals surface area contributed by atoms with E-state index in [1.807, 2.05) is 12.1 Å². The molecule has 1 saturated carbocycles. The fourth-order valence-corrected chi connectivity index (χ4v) is 1.80. The highest BCUT2D eigenvalue weighted by atomic mass is 35.5. The van der Waals surface area contributed by atoms with Crippen LogP contribution in [0.4, 0.5) is 0 Å². The van der Waals surface area contributed by atoms with Crippen molar-refractivity contribution < 1.29 is 4.74 Å². The van der Waals surface area contributed by atoms with Gasteiger partial charge in [-0.05, 0) is 30.4 Å². The zero-order valence-electron chi connectivity index (χ0n) is 8.91. The molecule has 2 nitrogen and oxygen atoms in total. The van der Waals surface area contributed by atoms with Crippen molar-refractivity contribution in [1.29, 1.82) is 0 Å². The summed E-state index contributed by atoms with van der Waals surface area (Å²) in [5.74, 6) is 0.773. The molecule has 0 aliphatic heterocycles. The minimum atomic E-state index is 0.368. The Bertz CT molecular complexity index is 404. The van der Waals surface area contributed by atoms with Gasteiger partial charge in [0, 0.05) is 17.2 Å². The van der Waals surface area contributed by atoms with Gasteiger partial charge in [-0.1, -0.05) is 36.0 Å². The van der Waals surface area contributed by atoms with Crippen LogP contribution in [0, 0.1) is 5.92 Å². The Morgan fingerprint density at radius 2 is 2.25 bits per heavy atom. The Morgan fingerprint density at radius 1 is 1.50 bits per heavy atom. The highest BCUT2D eigenvalue weighted by Gasteiger charge is 2.21. The van der Waals surface area contributed by atoms with Gasteiger partial charge in [0.25, 0.3) is 0 Å². The summed E-state index contributed by atoms with van der Waals surface area (Å²) < 4.78 is 5.58. The molecule has 0 amide bonds. The van der Waals surface area contributed by atoms with Gasteiger partial charge in [0.1, 0.15) is 4.99 Å². The van der Waals surface area contributed by atoms with Gasteiger partial charge in [0.05, 0.1) is 6.61 Å². The number of benzene rings is 1. The Labute approximate surface area is 106 Å². The van der Waals surface area contributed by atoms with Crippen molar-refractivity contribution in [2.45, 2.75) is 19.4 Å². The molecule has 0 aromatic heterocycles. The molecule has 2 N–H and O–H groups in total. The monoisotopic (exact) mass is 255 g/mol. The van der Waals surface area contributed by atoms with Crippen LogP contribution in [0.2, 0.25) is 5.02 Å². The van der Waals surface area contributed by atoms with Gasteiger partial charge in [-0.2, -0.15) is 0 Å². The van der Waals surface area contributed by atoms with Crippen LogP contribution in [-0.4, -0.2) is 11.6 Å². The predicted octanol–water partition coefficient (Wildman–Crippen LogP) is 2.90. The molecule has 0 saturated heterocycles. The molecule has 1 aliphatic carbocycles. The third kappa shape index (κ3) is 3.17. The lowest BCUT2D eigenvalue weighted by atomic mass is 10.1. The Balaban J connectivity index is 1.95. The SMILES string of the molecule is NC(=S)c1ccc(COCC2CC2)c(Cl)c1. The molecule has 0 spiro atoms. The molecule has 16 heavy (non-hydrogen) atoms. The molecule has 0 bridgehead atoms. The zero-order valence-corrected chi connectivity index (χ0v) is 10.5. The minimum Gasteiger partial charge on any atom is -0.389 e. The second-order valence-electron chi connectivity index (χ2n) is 4.13. The van der Waals surface area contributed by atoms with E-state index in [0.717, 1.165) is 23.7 Å². The van der Waals surface area contributed by atoms with Crippen molar-refractivity contribution in [3.8, 4) is 0 Å². The standard InChI is InChI=1S/C12H14ClNOS/c13-11-5-9(12(14)16)3-4-10(11)7-15-6-8-1-2-8/h3-5,8H,1-2,6-7H2,(H2,14,16). The summed E-state index contributed by atoms with van der Waals surface area (Å²) in [4.78, 5) is 0.368. The topological polar surface area (TPSA) is 35.2 Å². The number of rotatable bonds is 5. The molecule has 1 aromatic rings. The smallest absolute Gasteiger partial charge is 0.104 e. The molecule has 2 rings (SSSR count). The van der Waals surface area contributed by atoms with Crippen LogP contribution in [0.1, 0.15) is 24.0 Å². The number of thiocarbonyl (C=S) groups is 1. The summed E-state index contributed by atoms with van der Waals surface area (Å²) in [5.41, 5.74) is 7.31. The van der Waals surface area contributed by atoms with E-state index in [9.17, 15) is 0 Å². The van der Waals surface area contributed by atoms with E-state index in [1.54, 1.807) is 6.07 Å². The number of nitrogens with two attached hydrogens (primary N) is 1. The normalized spacial score (nSPS) is 15.1. The summed E-state index contributed by atoms with van der Waals surface area (Å²) in [6.45, 7) is 1.40. The van der Waals surface area contributed by atoms with E-state index in [0.29, 0.717) is 16.6 Å². The zero-order chi connectivity index (χ0) is 11.5. The second kappa shape index (κ2) is 5.13. The molecular formula is C12H14ClNOS. The summed E-state index contributed by atoms with van der Waals surface area (Å²) in [6, 6.07) is 5.59. The maximum atomic E-state index is 6.11. The first-order chi connectivity index (χ1) is 7.66. The molecule has 0 radical (unpaired) electrons. The first kappa shape index (κ1) is 11.8. The van der Waals surface area contributed by atoms with Gasteiger partial charge in [-0.3, -0.25) is 0 Å². The molecule has 0 atom stereocenters. The van der Waals surface area contributed by atoms with E-state index in [-0.39, 0.29) is 0 Å². The van der Waals surface area contributed by atoms with Crippen molar-refractivity contribution in [3.63, 3.8) is 0 Å². The molecule has 4 heteroatoms. The minimum absolute atomic E-state index is 0.368. The van der Waals surface area contributed by atoms with Crippen molar-refractivity contribution in [3.05, 3.63) is 34.3 Å². The average molecular weight is 256 g/mol. The van der Waals surface area contributed by atoms with E-state index in [4.69, 9.17) is 34.3 Å². The van der Waals surface area contributed by atoms with Gasteiger partial charge in [0.15, 0.2) is 0 Å². The summed E-state index contributed by atoms with van der Waals surface area (Å²) in [5, 5.41) is 0.668. The average Bonchev–Trinajstić information content (AvgIpc) is 3.04. The van der Waals surface area contributed by atoms with Crippen LogP contribution in [0.15, 0.2) is 18.2 Å². The maximum absolute atomic E-state index is 6.11. The third-order valence-electron chi connectivity index (χ3n) is 2.65. The van der Waals surface area contributed by atoms with Crippen molar-refractivity contribution >= 4 is 28.8 Å². The lowest BCUT2D eigenvalue weighted by Gasteiger charge is -2.07. The van der Waals surface area contributed by atoms with Crippen LogP contribution in [0.25, 0.3) is 0 Å².